The molecule has 0 aromatic heterocycles. The molecule has 1 fully saturated rings. The van der Waals surface area contributed by atoms with Gasteiger partial charge in [-0.3, -0.25) is 9.69 Å². The number of carbonyl (C=O) groups is 1. The molecule has 1 aromatic carbocycles. The quantitative estimate of drug-likeness (QED) is 0.623. The molecule has 0 atom stereocenters. The lowest BCUT2D eigenvalue weighted by Gasteiger charge is -2.09. The number of carbonyl (C=O) groups excluding carboxylic acids is 1. The highest BCUT2D eigenvalue weighted by atomic mass is 32.2. The Labute approximate surface area is 117 Å². The molecule has 1 aromatic rings. The van der Waals surface area contributed by atoms with Gasteiger partial charge in [0.2, 0.25) is 0 Å². The lowest BCUT2D eigenvalue weighted by molar-refractivity contribution is -0.121. The largest absolute Gasteiger partial charge is 0.293 e. The van der Waals surface area contributed by atoms with Gasteiger partial charge in [0.15, 0.2) is 0 Å². The van der Waals surface area contributed by atoms with Gasteiger partial charge in [0.05, 0.1) is 4.91 Å². The second kappa shape index (κ2) is 5.67. The summed E-state index contributed by atoms with van der Waals surface area (Å²) < 4.78 is 0.652. The summed E-state index contributed by atoms with van der Waals surface area (Å²) in [5, 5.41) is 0. The maximum atomic E-state index is 12.0. The first kappa shape index (κ1) is 13.3. The van der Waals surface area contributed by atoms with Gasteiger partial charge in [-0.05, 0) is 30.5 Å². The fraction of sp³-hybridized carbons (Fsp3) is 0.286. The van der Waals surface area contributed by atoms with Crippen LogP contribution in [0, 0.1) is 0 Å². The maximum absolute atomic E-state index is 12.0. The number of thiocarbonyl (C=S) groups is 1. The van der Waals surface area contributed by atoms with Crippen molar-refractivity contribution in [2.45, 2.75) is 20.3 Å². The minimum atomic E-state index is 0.0204. The third kappa shape index (κ3) is 2.65. The van der Waals surface area contributed by atoms with Crippen molar-refractivity contribution in [2.24, 2.45) is 0 Å². The number of hydrogen-bond donors (Lipinski definition) is 0. The number of rotatable bonds is 3. The molecule has 1 heterocycles. The van der Waals surface area contributed by atoms with E-state index in [2.05, 4.69) is 19.1 Å². The summed E-state index contributed by atoms with van der Waals surface area (Å²) in [6.45, 7) is 4.70. The molecule has 4 heteroatoms. The van der Waals surface area contributed by atoms with Crippen molar-refractivity contribution in [2.75, 3.05) is 6.54 Å². The number of hydrogen-bond acceptors (Lipinski definition) is 3. The molecular formula is C14H15NOS2. The van der Waals surface area contributed by atoms with Crippen molar-refractivity contribution >= 4 is 40.3 Å². The van der Waals surface area contributed by atoms with Crippen molar-refractivity contribution in [3.63, 3.8) is 0 Å². The van der Waals surface area contributed by atoms with Crippen LogP contribution in [-0.2, 0) is 11.2 Å². The minimum Gasteiger partial charge on any atom is -0.293 e. The Morgan fingerprint density at radius 3 is 2.44 bits per heavy atom. The second-order valence-corrected chi connectivity index (χ2v) is 5.70. The van der Waals surface area contributed by atoms with Crippen LogP contribution in [0.5, 0.6) is 0 Å². The van der Waals surface area contributed by atoms with Gasteiger partial charge in [-0.15, -0.1) is 0 Å². The molecule has 2 nitrogen and oxygen atoms in total. The smallest absolute Gasteiger partial charge is 0.266 e. The van der Waals surface area contributed by atoms with E-state index in [0.29, 0.717) is 15.8 Å². The zero-order valence-corrected chi connectivity index (χ0v) is 12.1. The normalized spacial score (nSPS) is 17.9. The molecule has 1 saturated heterocycles. The van der Waals surface area contributed by atoms with E-state index in [9.17, 15) is 4.79 Å². The molecule has 0 saturated carbocycles. The Morgan fingerprint density at radius 2 is 1.94 bits per heavy atom. The van der Waals surface area contributed by atoms with Crippen molar-refractivity contribution in [3.05, 3.63) is 40.3 Å². The number of aryl methyl sites for hydroxylation is 1. The van der Waals surface area contributed by atoms with Crippen LogP contribution in [0.4, 0.5) is 0 Å². The molecule has 1 aliphatic rings. The molecule has 0 radical (unpaired) electrons. The van der Waals surface area contributed by atoms with E-state index in [1.807, 2.05) is 25.1 Å². The van der Waals surface area contributed by atoms with Gasteiger partial charge in [0, 0.05) is 6.54 Å². The van der Waals surface area contributed by atoms with Crippen LogP contribution >= 0.6 is 24.0 Å². The zero-order valence-electron chi connectivity index (χ0n) is 10.5. The number of likely N-dealkylation sites (N-methyl/N-ethyl adjacent to an activating group) is 1. The summed E-state index contributed by atoms with van der Waals surface area (Å²) in [7, 11) is 0. The fourth-order valence-electron chi connectivity index (χ4n) is 1.77. The lowest BCUT2D eigenvalue weighted by atomic mass is 10.1. The Hall–Kier alpha value is -1.13. The van der Waals surface area contributed by atoms with Gasteiger partial charge in [-0.1, -0.05) is 55.2 Å². The summed E-state index contributed by atoms with van der Waals surface area (Å²) in [6.07, 6.45) is 2.94. The van der Waals surface area contributed by atoms with Crippen molar-refractivity contribution in [3.8, 4) is 0 Å². The van der Waals surface area contributed by atoms with Crippen LogP contribution in [-0.4, -0.2) is 21.7 Å². The summed E-state index contributed by atoms with van der Waals surface area (Å²) in [5.74, 6) is 0.0204. The molecule has 0 spiro atoms. The first-order valence-electron chi connectivity index (χ1n) is 6.00. The molecule has 18 heavy (non-hydrogen) atoms. The van der Waals surface area contributed by atoms with E-state index >= 15 is 0 Å². The maximum Gasteiger partial charge on any atom is 0.266 e. The first-order valence-corrected chi connectivity index (χ1v) is 7.22. The van der Waals surface area contributed by atoms with Crippen LogP contribution < -0.4 is 0 Å². The van der Waals surface area contributed by atoms with E-state index in [4.69, 9.17) is 12.2 Å². The second-order valence-electron chi connectivity index (χ2n) is 4.02. The van der Waals surface area contributed by atoms with E-state index in [-0.39, 0.29) is 5.91 Å². The molecule has 0 N–H and O–H groups in total. The van der Waals surface area contributed by atoms with Gasteiger partial charge in [0.1, 0.15) is 4.32 Å². The molecular weight excluding hydrogens is 262 g/mol. The van der Waals surface area contributed by atoms with Crippen molar-refractivity contribution in [1.29, 1.82) is 0 Å². The van der Waals surface area contributed by atoms with Crippen molar-refractivity contribution < 1.29 is 4.79 Å². The van der Waals surface area contributed by atoms with E-state index in [0.717, 1.165) is 12.0 Å². The van der Waals surface area contributed by atoms with Gasteiger partial charge >= 0.3 is 0 Å². The van der Waals surface area contributed by atoms with Crippen LogP contribution in [0.2, 0.25) is 0 Å². The molecule has 1 aliphatic heterocycles. The number of nitrogens with zero attached hydrogens (tertiary/aromatic N) is 1. The van der Waals surface area contributed by atoms with Crippen LogP contribution in [0.25, 0.3) is 6.08 Å². The molecule has 2 rings (SSSR count). The van der Waals surface area contributed by atoms with Gasteiger partial charge in [-0.25, -0.2) is 0 Å². The van der Waals surface area contributed by atoms with Crippen LogP contribution in [0.15, 0.2) is 29.2 Å². The lowest BCUT2D eigenvalue weighted by Crippen LogP contribution is -2.27. The molecule has 0 bridgehead atoms. The third-order valence-corrected chi connectivity index (χ3v) is 4.25. The van der Waals surface area contributed by atoms with Crippen molar-refractivity contribution in [1.82, 2.24) is 4.90 Å². The highest BCUT2D eigenvalue weighted by molar-refractivity contribution is 8.26. The summed E-state index contributed by atoms with van der Waals surface area (Å²) in [4.78, 5) is 14.4. The number of thioether (sulfide) groups is 1. The molecule has 94 valence electrons. The Kier molecular flexibility index (Phi) is 4.19. The average Bonchev–Trinajstić information content (AvgIpc) is 2.65. The average molecular weight is 277 g/mol. The van der Waals surface area contributed by atoms with E-state index < -0.39 is 0 Å². The number of benzene rings is 1. The topological polar surface area (TPSA) is 20.3 Å². The van der Waals surface area contributed by atoms with Crippen LogP contribution in [0.1, 0.15) is 25.0 Å². The third-order valence-electron chi connectivity index (χ3n) is 2.88. The number of amides is 1. The SMILES string of the molecule is CCc1ccc(/C=C2\SC(=S)N(CC)C2=O)cc1. The summed E-state index contributed by atoms with van der Waals surface area (Å²) in [6, 6.07) is 8.26. The van der Waals surface area contributed by atoms with Gasteiger partial charge in [-0.2, -0.15) is 0 Å². The summed E-state index contributed by atoms with van der Waals surface area (Å²) >= 11 is 6.56. The van der Waals surface area contributed by atoms with Gasteiger partial charge in [0.25, 0.3) is 5.91 Å². The Balaban J connectivity index is 2.23. The highest BCUT2D eigenvalue weighted by Crippen LogP contribution is 2.32. The minimum absolute atomic E-state index is 0.0204. The fourth-order valence-corrected chi connectivity index (χ4v) is 3.16. The van der Waals surface area contributed by atoms with E-state index in [1.54, 1.807) is 4.90 Å². The van der Waals surface area contributed by atoms with Crippen LogP contribution in [0.3, 0.4) is 0 Å². The predicted molar refractivity (Wildman–Crippen MR) is 81.4 cm³/mol. The van der Waals surface area contributed by atoms with Gasteiger partial charge < -0.3 is 0 Å². The van der Waals surface area contributed by atoms with E-state index in [1.165, 1.54) is 17.3 Å². The zero-order chi connectivity index (χ0) is 13.1. The molecule has 0 aliphatic carbocycles. The summed E-state index contributed by atoms with van der Waals surface area (Å²) in [5.41, 5.74) is 2.34. The molecule has 0 unspecified atom stereocenters. The molecule has 1 amide bonds. The Morgan fingerprint density at radius 1 is 1.28 bits per heavy atom. The predicted octanol–water partition coefficient (Wildman–Crippen LogP) is 3.47. The Bertz CT molecular complexity index is 505. The highest BCUT2D eigenvalue weighted by Gasteiger charge is 2.30. The first-order chi connectivity index (χ1) is 8.65. The monoisotopic (exact) mass is 277 g/mol. The standard InChI is InChI=1S/C14H15NOS2/c1-3-10-5-7-11(8-6-10)9-12-13(16)15(4-2)14(17)18-12/h5-9H,3-4H2,1-2H3/b12-9-.